The Morgan fingerprint density at radius 2 is 2.04 bits per heavy atom. The molecule has 0 aliphatic carbocycles. The molecule has 1 unspecified atom stereocenters. The summed E-state index contributed by atoms with van der Waals surface area (Å²) in [5, 5.41) is 9.96. The number of nitrogens with one attached hydrogen (secondary N) is 2. The monoisotopic (exact) mass is 376 g/mol. The first kappa shape index (κ1) is 17.8. The van der Waals surface area contributed by atoms with Crippen molar-refractivity contribution in [1.82, 2.24) is 19.7 Å². The standard InChI is InChI=1S/C20H20N6O2/c1-12(2)13-5-7-15(8-6-13)22-19(28)16-10-17(27)23-20-24-18(25-26(16)20)14-4-3-9-21-11-14/h3-9,11-12,16H,10H2,1-2H3,(H,22,28)(H,23,24,25,27). The van der Waals surface area contributed by atoms with Gasteiger partial charge in [-0.1, -0.05) is 26.0 Å². The minimum Gasteiger partial charge on any atom is -0.324 e. The van der Waals surface area contributed by atoms with Gasteiger partial charge >= 0.3 is 0 Å². The molecular formula is C20H20N6O2. The van der Waals surface area contributed by atoms with Gasteiger partial charge in [-0.2, -0.15) is 4.98 Å². The maximum atomic E-state index is 12.8. The van der Waals surface area contributed by atoms with E-state index in [-0.39, 0.29) is 24.2 Å². The van der Waals surface area contributed by atoms with E-state index in [4.69, 9.17) is 0 Å². The van der Waals surface area contributed by atoms with Gasteiger partial charge < -0.3 is 5.32 Å². The van der Waals surface area contributed by atoms with Gasteiger partial charge in [-0.15, -0.1) is 5.10 Å². The SMILES string of the molecule is CC(C)c1ccc(NC(=O)C2CC(=O)Nc3nc(-c4cccnc4)nn32)cc1. The first-order valence-corrected chi connectivity index (χ1v) is 9.09. The Balaban J connectivity index is 1.59. The maximum Gasteiger partial charge on any atom is 0.249 e. The van der Waals surface area contributed by atoms with Gasteiger partial charge in [-0.25, -0.2) is 4.68 Å². The second kappa shape index (κ2) is 7.22. The van der Waals surface area contributed by atoms with E-state index in [2.05, 4.69) is 39.5 Å². The van der Waals surface area contributed by atoms with Crippen molar-refractivity contribution < 1.29 is 9.59 Å². The number of hydrogen-bond donors (Lipinski definition) is 2. The number of fused-ring (bicyclic) bond motifs is 1. The second-order valence-electron chi connectivity index (χ2n) is 6.98. The smallest absolute Gasteiger partial charge is 0.249 e. The van der Waals surface area contributed by atoms with E-state index in [0.717, 1.165) is 0 Å². The van der Waals surface area contributed by atoms with Gasteiger partial charge in [-0.05, 0) is 35.7 Å². The van der Waals surface area contributed by atoms with E-state index < -0.39 is 6.04 Å². The van der Waals surface area contributed by atoms with Crippen LogP contribution in [0.2, 0.25) is 0 Å². The van der Waals surface area contributed by atoms with Gasteiger partial charge in [0.1, 0.15) is 6.04 Å². The summed E-state index contributed by atoms with van der Waals surface area (Å²) in [5.41, 5.74) is 2.58. The summed E-state index contributed by atoms with van der Waals surface area (Å²) in [6, 6.07) is 10.5. The van der Waals surface area contributed by atoms with Crippen LogP contribution in [-0.4, -0.2) is 31.6 Å². The molecule has 0 bridgehead atoms. The molecule has 0 spiro atoms. The van der Waals surface area contributed by atoms with E-state index in [1.807, 2.05) is 30.3 Å². The van der Waals surface area contributed by atoms with Gasteiger partial charge in [0.15, 0.2) is 5.82 Å². The molecule has 2 aromatic heterocycles. The minimum atomic E-state index is -0.772. The van der Waals surface area contributed by atoms with Gasteiger partial charge in [0, 0.05) is 23.6 Å². The molecule has 1 aliphatic rings. The van der Waals surface area contributed by atoms with Gasteiger partial charge in [0.2, 0.25) is 17.8 Å². The van der Waals surface area contributed by atoms with Crippen LogP contribution < -0.4 is 10.6 Å². The lowest BCUT2D eigenvalue weighted by Gasteiger charge is -2.22. The predicted octanol–water partition coefficient (Wildman–Crippen LogP) is 2.99. The third-order valence-electron chi connectivity index (χ3n) is 4.62. The molecule has 8 nitrogen and oxygen atoms in total. The Hall–Kier alpha value is -3.55. The molecule has 3 heterocycles. The summed E-state index contributed by atoms with van der Waals surface area (Å²) in [5.74, 6) is 0.495. The highest BCUT2D eigenvalue weighted by atomic mass is 16.2. The molecule has 0 saturated carbocycles. The zero-order valence-corrected chi connectivity index (χ0v) is 15.6. The highest BCUT2D eigenvalue weighted by Crippen LogP contribution is 2.27. The first-order valence-electron chi connectivity index (χ1n) is 9.09. The largest absolute Gasteiger partial charge is 0.324 e. The van der Waals surface area contributed by atoms with Crippen LogP contribution in [0.1, 0.15) is 37.8 Å². The zero-order valence-electron chi connectivity index (χ0n) is 15.6. The molecule has 0 radical (unpaired) electrons. The van der Waals surface area contributed by atoms with Crippen LogP contribution in [0.5, 0.6) is 0 Å². The number of hydrogen-bond acceptors (Lipinski definition) is 5. The Morgan fingerprint density at radius 1 is 1.25 bits per heavy atom. The molecule has 28 heavy (non-hydrogen) atoms. The molecule has 1 aliphatic heterocycles. The summed E-state index contributed by atoms with van der Waals surface area (Å²) in [6.07, 6.45) is 3.29. The molecule has 2 amide bonds. The maximum absolute atomic E-state index is 12.8. The number of carbonyl (C=O) groups excluding carboxylic acids is 2. The van der Waals surface area contributed by atoms with Crippen LogP contribution in [0, 0.1) is 0 Å². The first-order chi connectivity index (χ1) is 13.5. The number of nitrogens with zero attached hydrogens (tertiary/aromatic N) is 4. The van der Waals surface area contributed by atoms with Crippen molar-refractivity contribution in [3.8, 4) is 11.4 Å². The van der Waals surface area contributed by atoms with E-state index in [0.29, 0.717) is 23.0 Å². The van der Waals surface area contributed by atoms with Gasteiger partial charge in [0.05, 0.1) is 6.42 Å². The van der Waals surface area contributed by atoms with E-state index in [1.54, 1.807) is 18.5 Å². The fourth-order valence-electron chi connectivity index (χ4n) is 3.06. The highest BCUT2D eigenvalue weighted by Gasteiger charge is 2.33. The number of amides is 2. The lowest BCUT2D eigenvalue weighted by Crippen LogP contribution is -2.36. The van der Waals surface area contributed by atoms with Crippen LogP contribution in [0.15, 0.2) is 48.8 Å². The van der Waals surface area contributed by atoms with E-state index >= 15 is 0 Å². The Labute approximate surface area is 162 Å². The summed E-state index contributed by atoms with van der Waals surface area (Å²) < 4.78 is 1.46. The third-order valence-corrected chi connectivity index (χ3v) is 4.62. The number of aromatic nitrogens is 4. The summed E-state index contributed by atoms with van der Waals surface area (Å²) >= 11 is 0. The molecule has 0 saturated heterocycles. The van der Waals surface area contributed by atoms with Crippen LogP contribution in [0.25, 0.3) is 11.4 Å². The van der Waals surface area contributed by atoms with Crippen molar-refractivity contribution in [2.75, 3.05) is 10.6 Å². The number of benzene rings is 1. The molecule has 2 N–H and O–H groups in total. The van der Waals surface area contributed by atoms with Crippen LogP contribution in [0.3, 0.4) is 0 Å². The number of rotatable bonds is 4. The second-order valence-corrected chi connectivity index (χ2v) is 6.98. The van der Waals surface area contributed by atoms with Crippen molar-refractivity contribution in [1.29, 1.82) is 0 Å². The summed E-state index contributed by atoms with van der Waals surface area (Å²) in [6.45, 7) is 4.22. The molecule has 4 rings (SSSR count). The Kier molecular flexibility index (Phi) is 4.60. The molecule has 1 atom stereocenters. The lowest BCUT2D eigenvalue weighted by atomic mass is 10.0. The van der Waals surface area contributed by atoms with Crippen LogP contribution >= 0.6 is 0 Å². The van der Waals surface area contributed by atoms with Gasteiger partial charge in [0.25, 0.3) is 0 Å². The molecule has 0 fully saturated rings. The Bertz CT molecular complexity index is 1010. The molecule has 142 valence electrons. The lowest BCUT2D eigenvalue weighted by molar-refractivity contribution is -0.125. The zero-order chi connectivity index (χ0) is 19.7. The molecule has 1 aromatic carbocycles. The normalized spacial score (nSPS) is 15.8. The van der Waals surface area contributed by atoms with Crippen molar-refractivity contribution in [3.05, 3.63) is 54.4 Å². The summed E-state index contributed by atoms with van der Waals surface area (Å²) in [7, 11) is 0. The minimum absolute atomic E-state index is 0.00124. The predicted molar refractivity (Wildman–Crippen MR) is 105 cm³/mol. The quantitative estimate of drug-likeness (QED) is 0.729. The van der Waals surface area contributed by atoms with Crippen molar-refractivity contribution in [2.45, 2.75) is 32.2 Å². The highest BCUT2D eigenvalue weighted by molar-refractivity contribution is 6.00. The topological polar surface area (TPSA) is 102 Å². The van der Waals surface area contributed by atoms with Gasteiger partial charge in [-0.3, -0.25) is 19.9 Å². The molecule has 8 heteroatoms. The van der Waals surface area contributed by atoms with Crippen molar-refractivity contribution >= 4 is 23.5 Å². The average Bonchev–Trinajstić information content (AvgIpc) is 3.12. The van der Waals surface area contributed by atoms with Crippen LogP contribution in [0.4, 0.5) is 11.6 Å². The van der Waals surface area contributed by atoms with Crippen molar-refractivity contribution in [2.24, 2.45) is 0 Å². The fourth-order valence-corrected chi connectivity index (χ4v) is 3.06. The van der Waals surface area contributed by atoms with Crippen molar-refractivity contribution in [3.63, 3.8) is 0 Å². The Morgan fingerprint density at radius 3 is 2.71 bits per heavy atom. The number of anilines is 2. The average molecular weight is 376 g/mol. The molecular weight excluding hydrogens is 356 g/mol. The van der Waals surface area contributed by atoms with E-state index in [9.17, 15) is 9.59 Å². The summed E-state index contributed by atoms with van der Waals surface area (Å²) in [4.78, 5) is 33.3. The third kappa shape index (κ3) is 3.48. The van der Waals surface area contributed by atoms with E-state index in [1.165, 1.54) is 10.2 Å². The number of pyridine rings is 1. The fraction of sp³-hybridized carbons (Fsp3) is 0.250. The molecule has 3 aromatic rings. The van der Waals surface area contributed by atoms with Crippen LogP contribution in [-0.2, 0) is 9.59 Å². The number of carbonyl (C=O) groups is 2.